The summed E-state index contributed by atoms with van der Waals surface area (Å²) in [5, 5.41) is 22.9. The van der Waals surface area contributed by atoms with Gasteiger partial charge in [-0.3, -0.25) is 4.79 Å². The molecule has 2 atom stereocenters. The van der Waals surface area contributed by atoms with E-state index in [2.05, 4.69) is 0 Å². The summed E-state index contributed by atoms with van der Waals surface area (Å²) in [7, 11) is 0. The summed E-state index contributed by atoms with van der Waals surface area (Å²) in [5.74, 6) is -0.508. The van der Waals surface area contributed by atoms with Gasteiger partial charge in [-0.15, -0.1) is 11.3 Å². The molecule has 2 unspecified atom stereocenters. The van der Waals surface area contributed by atoms with Crippen LogP contribution in [-0.2, 0) is 9.53 Å². The molecule has 0 saturated heterocycles. The highest BCUT2D eigenvalue weighted by Gasteiger charge is 2.23. The minimum absolute atomic E-state index is 0.213. The van der Waals surface area contributed by atoms with Gasteiger partial charge in [0.2, 0.25) is 0 Å². The molecule has 5 heteroatoms. The minimum atomic E-state index is -1.16. The Kier molecular flexibility index (Phi) is 4.52. The molecule has 19 heavy (non-hydrogen) atoms. The van der Waals surface area contributed by atoms with Crippen LogP contribution in [0.4, 0.5) is 0 Å². The molecular formula is C14H16O4S. The molecule has 0 amide bonds. The fourth-order valence-electron chi connectivity index (χ4n) is 1.98. The molecule has 2 aromatic rings. The van der Waals surface area contributed by atoms with E-state index in [9.17, 15) is 15.0 Å². The lowest BCUT2D eigenvalue weighted by Gasteiger charge is -2.18. The number of carbonyl (C=O) groups is 1. The Hall–Kier alpha value is -1.43. The van der Waals surface area contributed by atoms with Crippen molar-refractivity contribution >= 4 is 27.4 Å². The van der Waals surface area contributed by atoms with E-state index in [0.717, 1.165) is 10.1 Å². The quantitative estimate of drug-likeness (QED) is 0.824. The van der Waals surface area contributed by atoms with Gasteiger partial charge in [-0.2, -0.15) is 0 Å². The number of rotatable bonds is 5. The van der Waals surface area contributed by atoms with Crippen LogP contribution in [0.1, 0.15) is 25.0 Å². The van der Waals surface area contributed by atoms with Gasteiger partial charge in [-0.1, -0.05) is 12.1 Å². The fourth-order valence-corrected chi connectivity index (χ4v) is 2.81. The Morgan fingerprint density at radius 2 is 2.16 bits per heavy atom. The summed E-state index contributed by atoms with van der Waals surface area (Å²) in [6.07, 6.45) is -2.47. The second-order valence-electron chi connectivity index (χ2n) is 4.20. The number of aliphatic hydroxyl groups is 2. The van der Waals surface area contributed by atoms with Crippen LogP contribution < -0.4 is 0 Å². The van der Waals surface area contributed by atoms with E-state index in [-0.39, 0.29) is 13.0 Å². The molecule has 0 radical (unpaired) electrons. The standard InChI is InChI=1S/C14H16O4S/c1-2-18-13(16)8-11(15)14(17)10-4-3-5-12-9(10)6-7-19-12/h3-7,11,14-15,17H,2,8H2,1H3. The van der Waals surface area contributed by atoms with Gasteiger partial charge in [0, 0.05) is 4.70 Å². The van der Waals surface area contributed by atoms with Gasteiger partial charge in [0.1, 0.15) is 6.10 Å². The van der Waals surface area contributed by atoms with Crippen LogP contribution in [0.3, 0.4) is 0 Å². The monoisotopic (exact) mass is 280 g/mol. The third-order valence-electron chi connectivity index (χ3n) is 2.89. The lowest BCUT2D eigenvalue weighted by atomic mass is 9.99. The summed E-state index contributed by atoms with van der Waals surface area (Å²) in [6.45, 7) is 1.97. The van der Waals surface area contributed by atoms with E-state index in [4.69, 9.17) is 4.74 Å². The molecule has 0 saturated carbocycles. The summed E-state index contributed by atoms with van der Waals surface area (Å²) < 4.78 is 5.80. The van der Waals surface area contributed by atoms with Crippen LogP contribution in [0, 0.1) is 0 Å². The number of fused-ring (bicyclic) bond motifs is 1. The predicted molar refractivity (Wildman–Crippen MR) is 74.0 cm³/mol. The SMILES string of the molecule is CCOC(=O)CC(O)C(O)c1cccc2sccc12. The number of thiophene rings is 1. The molecule has 0 aliphatic heterocycles. The lowest BCUT2D eigenvalue weighted by Crippen LogP contribution is -2.23. The topological polar surface area (TPSA) is 66.8 Å². The van der Waals surface area contributed by atoms with Crippen molar-refractivity contribution in [2.24, 2.45) is 0 Å². The molecule has 2 N–H and O–H groups in total. The second-order valence-corrected chi connectivity index (χ2v) is 5.15. The highest BCUT2D eigenvalue weighted by molar-refractivity contribution is 7.17. The fraction of sp³-hybridized carbons (Fsp3) is 0.357. The number of ether oxygens (including phenoxy) is 1. The van der Waals surface area contributed by atoms with Crippen molar-refractivity contribution in [3.05, 3.63) is 35.2 Å². The van der Waals surface area contributed by atoms with Crippen LogP contribution in [0.15, 0.2) is 29.6 Å². The van der Waals surface area contributed by atoms with Crippen molar-refractivity contribution in [2.75, 3.05) is 6.61 Å². The van der Waals surface area contributed by atoms with Gasteiger partial charge in [0.05, 0.1) is 19.1 Å². The highest BCUT2D eigenvalue weighted by atomic mass is 32.1. The van der Waals surface area contributed by atoms with Crippen molar-refractivity contribution in [3.8, 4) is 0 Å². The maximum absolute atomic E-state index is 11.3. The van der Waals surface area contributed by atoms with Gasteiger partial charge in [0.25, 0.3) is 0 Å². The van der Waals surface area contributed by atoms with Crippen LogP contribution in [-0.4, -0.2) is 28.9 Å². The molecule has 2 rings (SSSR count). The van der Waals surface area contributed by atoms with Crippen molar-refractivity contribution in [1.29, 1.82) is 0 Å². The van der Waals surface area contributed by atoms with Crippen molar-refractivity contribution < 1.29 is 19.7 Å². The van der Waals surface area contributed by atoms with E-state index < -0.39 is 18.2 Å². The zero-order valence-corrected chi connectivity index (χ0v) is 11.4. The molecule has 1 heterocycles. The largest absolute Gasteiger partial charge is 0.466 e. The predicted octanol–water partition coefficient (Wildman–Crippen LogP) is 2.25. The van der Waals surface area contributed by atoms with Crippen molar-refractivity contribution in [3.63, 3.8) is 0 Å². The summed E-state index contributed by atoms with van der Waals surface area (Å²) in [6, 6.07) is 7.44. The number of benzene rings is 1. The van der Waals surface area contributed by atoms with E-state index >= 15 is 0 Å². The smallest absolute Gasteiger partial charge is 0.308 e. The number of esters is 1. The summed E-state index contributed by atoms with van der Waals surface area (Å²) in [4.78, 5) is 11.3. The number of hydrogen-bond donors (Lipinski definition) is 2. The van der Waals surface area contributed by atoms with Crippen LogP contribution in [0.2, 0.25) is 0 Å². The van der Waals surface area contributed by atoms with Gasteiger partial charge in [-0.05, 0) is 35.4 Å². The molecule has 4 nitrogen and oxygen atoms in total. The average molecular weight is 280 g/mol. The third kappa shape index (κ3) is 3.12. The number of carbonyl (C=O) groups excluding carboxylic acids is 1. The van der Waals surface area contributed by atoms with Crippen molar-refractivity contribution in [1.82, 2.24) is 0 Å². The van der Waals surface area contributed by atoms with E-state index in [0.29, 0.717) is 5.56 Å². The van der Waals surface area contributed by atoms with Crippen LogP contribution in [0.5, 0.6) is 0 Å². The summed E-state index contributed by atoms with van der Waals surface area (Å²) >= 11 is 1.57. The Labute approximate surface area is 115 Å². The zero-order valence-electron chi connectivity index (χ0n) is 10.6. The van der Waals surface area contributed by atoms with Gasteiger partial charge in [0.15, 0.2) is 0 Å². The van der Waals surface area contributed by atoms with Crippen molar-refractivity contribution in [2.45, 2.75) is 25.6 Å². The first kappa shape index (κ1) is 14.0. The van der Waals surface area contributed by atoms with Gasteiger partial charge < -0.3 is 14.9 Å². The average Bonchev–Trinajstić information content (AvgIpc) is 2.86. The first-order valence-corrected chi connectivity index (χ1v) is 6.99. The molecule has 0 spiro atoms. The Morgan fingerprint density at radius 3 is 2.89 bits per heavy atom. The maximum Gasteiger partial charge on any atom is 0.308 e. The van der Waals surface area contributed by atoms with E-state index in [1.165, 1.54) is 0 Å². The third-order valence-corrected chi connectivity index (χ3v) is 3.78. The van der Waals surface area contributed by atoms with Gasteiger partial charge >= 0.3 is 5.97 Å². The first-order valence-electron chi connectivity index (χ1n) is 6.11. The molecule has 102 valence electrons. The molecule has 0 aliphatic carbocycles. The number of hydrogen-bond acceptors (Lipinski definition) is 5. The Morgan fingerprint density at radius 1 is 1.37 bits per heavy atom. The van der Waals surface area contributed by atoms with E-state index in [1.54, 1.807) is 24.3 Å². The van der Waals surface area contributed by atoms with Gasteiger partial charge in [-0.25, -0.2) is 0 Å². The summed E-state index contributed by atoms with van der Waals surface area (Å²) in [5.41, 5.74) is 0.635. The van der Waals surface area contributed by atoms with Crippen LogP contribution >= 0.6 is 11.3 Å². The Balaban J connectivity index is 2.16. The second kappa shape index (κ2) is 6.14. The molecule has 0 aliphatic rings. The lowest BCUT2D eigenvalue weighted by molar-refractivity contribution is -0.147. The molecule has 0 fully saturated rings. The maximum atomic E-state index is 11.3. The minimum Gasteiger partial charge on any atom is -0.466 e. The number of aliphatic hydroxyl groups excluding tert-OH is 2. The molecule has 0 bridgehead atoms. The Bertz CT molecular complexity index is 563. The van der Waals surface area contributed by atoms with Crippen LogP contribution in [0.25, 0.3) is 10.1 Å². The molecular weight excluding hydrogens is 264 g/mol. The normalized spacial score (nSPS) is 14.3. The van der Waals surface area contributed by atoms with E-state index in [1.807, 2.05) is 23.6 Å². The highest BCUT2D eigenvalue weighted by Crippen LogP contribution is 2.30. The zero-order chi connectivity index (χ0) is 13.8. The molecule has 1 aromatic heterocycles. The molecule has 1 aromatic carbocycles. The first-order chi connectivity index (χ1) is 9.13.